The van der Waals surface area contributed by atoms with E-state index in [0.717, 1.165) is 12.8 Å². The van der Waals surface area contributed by atoms with Gasteiger partial charge >= 0.3 is 0 Å². The second-order valence-corrected chi connectivity index (χ2v) is 6.22. The summed E-state index contributed by atoms with van der Waals surface area (Å²) in [5.74, 6) is -0.471. The van der Waals surface area contributed by atoms with E-state index in [1.807, 2.05) is 20.8 Å². The normalized spacial score (nSPS) is 19.7. The molecule has 0 saturated carbocycles. The molecule has 0 bridgehead atoms. The second-order valence-electron chi connectivity index (χ2n) is 6.22. The van der Waals surface area contributed by atoms with Gasteiger partial charge in [-0.05, 0) is 19.3 Å². The summed E-state index contributed by atoms with van der Waals surface area (Å²) < 4.78 is 0. The number of carbonyl (C=O) groups excluding carboxylic acids is 2. The van der Waals surface area contributed by atoms with Crippen LogP contribution in [0.3, 0.4) is 0 Å². The molecule has 122 valence electrons. The van der Waals surface area contributed by atoms with Gasteiger partial charge in [0.2, 0.25) is 11.8 Å². The molecule has 6 heteroatoms. The highest BCUT2D eigenvalue weighted by atomic mass is 16.3. The van der Waals surface area contributed by atoms with Crippen molar-refractivity contribution in [2.45, 2.75) is 45.6 Å². The van der Waals surface area contributed by atoms with Crippen molar-refractivity contribution in [1.29, 1.82) is 0 Å². The molecule has 1 atom stereocenters. The fourth-order valence-corrected chi connectivity index (χ4v) is 2.56. The van der Waals surface area contributed by atoms with E-state index in [2.05, 4.69) is 5.32 Å². The summed E-state index contributed by atoms with van der Waals surface area (Å²) in [6.45, 7) is 6.03. The molecule has 1 rings (SSSR count). The Balaban J connectivity index is 2.68. The first-order valence-electron chi connectivity index (χ1n) is 7.71. The van der Waals surface area contributed by atoms with Crippen LogP contribution in [0.15, 0.2) is 0 Å². The number of aliphatic hydroxyl groups excluding tert-OH is 2. The van der Waals surface area contributed by atoms with Crippen LogP contribution in [0.4, 0.5) is 0 Å². The first kappa shape index (κ1) is 17.9. The zero-order chi connectivity index (χ0) is 16.0. The minimum absolute atomic E-state index is 0.0681. The summed E-state index contributed by atoms with van der Waals surface area (Å²) in [6.07, 6.45) is 1.98. The fraction of sp³-hybridized carbons (Fsp3) is 0.867. The van der Waals surface area contributed by atoms with E-state index in [-0.39, 0.29) is 36.9 Å². The quantitative estimate of drug-likeness (QED) is 0.650. The van der Waals surface area contributed by atoms with E-state index in [1.165, 1.54) is 0 Å². The van der Waals surface area contributed by atoms with Crippen molar-refractivity contribution in [3.8, 4) is 0 Å². The Morgan fingerprint density at radius 1 is 1.33 bits per heavy atom. The summed E-state index contributed by atoms with van der Waals surface area (Å²) in [6, 6.07) is 0. The number of piperidine rings is 1. The van der Waals surface area contributed by atoms with Gasteiger partial charge in [0.25, 0.3) is 0 Å². The van der Waals surface area contributed by atoms with Gasteiger partial charge in [0.05, 0.1) is 24.7 Å². The lowest BCUT2D eigenvalue weighted by molar-refractivity contribution is -0.139. The number of rotatable bonds is 6. The fourth-order valence-electron chi connectivity index (χ4n) is 2.56. The van der Waals surface area contributed by atoms with Crippen LogP contribution in [0.25, 0.3) is 0 Å². The molecule has 1 fully saturated rings. The number of nitrogens with one attached hydrogen (secondary N) is 1. The number of carbonyl (C=O) groups is 2. The maximum atomic E-state index is 12.4. The molecule has 0 spiro atoms. The summed E-state index contributed by atoms with van der Waals surface area (Å²) in [5.41, 5.74) is -0.971. The van der Waals surface area contributed by atoms with Gasteiger partial charge in [-0.15, -0.1) is 0 Å². The van der Waals surface area contributed by atoms with Gasteiger partial charge in [-0.25, -0.2) is 0 Å². The van der Waals surface area contributed by atoms with E-state index in [4.69, 9.17) is 0 Å². The maximum Gasteiger partial charge on any atom is 0.225 e. The molecule has 0 aromatic carbocycles. The molecule has 21 heavy (non-hydrogen) atoms. The largest absolute Gasteiger partial charge is 0.394 e. The molecular weight excluding hydrogens is 272 g/mol. The third-order valence-electron chi connectivity index (χ3n) is 4.27. The van der Waals surface area contributed by atoms with Crippen LogP contribution in [-0.4, -0.2) is 58.8 Å². The van der Waals surface area contributed by atoms with Crippen molar-refractivity contribution >= 4 is 11.8 Å². The summed E-state index contributed by atoms with van der Waals surface area (Å²) >= 11 is 0. The smallest absolute Gasteiger partial charge is 0.225 e. The Morgan fingerprint density at radius 2 is 1.95 bits per heavy atom. The van der Waals surface area contributed by atoms with Gasteiger partial charge in [-0.2, -0.15) is 0 Å². The Morgan fingerprint density at radius 3 is 2.43 bits per heavy atom. The maximum absolute atomic E-state index is 12.4. The van der Waals surface area contributed by atoms with E-state index in [0.29, 0.717) is 19.5 Å². The minimum Gasteiger partial charge on any atom is -0.394 e. The van der Waals surface area contributed by atoms with Crippen LogP contribution in [0.1, 0.15) is 40.0 Å². The average Bonchev–Trinajstić information content (AvgIpc) is 2.51. The van der Waals surface area contributed by atoms with E-state index in [1.54, 1.807) is 4.90 Å². The molecule has 3 N–H and O–H groups in total. The van der Waals surface area contributed by atoms with Crippen molar-refractivity contribution in [3.63, 3.8) is 0 Å². The Hall–Kier alpha value is -1.14. The molecule has 1 aliphatic heterocycles. The highest BCUT2D eigenvalue weighted by molar-refractivity contribution is 5.82. The first-order chi connectivity index (χ1) is 9.89. The van der Waals surface area contributed by atoms with Gasteiger partial charge < -0.3 is 20.4 Å². The van der Waals surface area contributed by atoms with Crippen molar-refractivity contribution in [2.24, 2.45) is 11.8 Å². The van der Waals surface area contributed by atoms with Gasteiger partial charge in [-0.3, -0.25) is 9.59 Å². The molecule has 1 saturated heterocycles. The molecule has 0 aromatic rings. The van der Waals surface area contributed by atoms with Gasteiger partial charge in [0, 0.05) is 19.0 Å². The monoisotopic (exact) mass is 300 g/mol. The number of aliphatic hydroxyl groups is 2. The van der Waals surface area contributed by atoms with Crippen LogP contribution in [0.5, 0.6) is 0 Å². The minimum atomic E-state index is -0.971. The van der Waals surface area contributed by atoms with Crippen LogP contribution in [-0.2, 0) is 9.59 Å². The average molecular weight is 300 g/mol. The molecule has 1 unspecified atom stereocenters. The molecule has 0 radical (unpaired) electrons. The van der Waals surface area contributed by atoms with Crippen LogP contribution < -0.4 is 5.32 Å². The molecule has 0 aliphatic carbocycles. The zero-order valence-corrected chi connectivity index (χ0v) is 13.3. The molecule has 1 aliphatic rings. The summed E-state index contributed by atoms with van der Waals surface area (Å²) in [5, 5.41) is 21.6. The third-order valence-corrected chi connectivity index (χ3v) is 4.27. The summed E-state index contributed by atoms with van der Waals surface area (Å²) in [4.78, 5) is 26.1. The third kappa shape index (κ3) is 4.41. The lowest BCUT2D eigenvalue weighted by Gasteiger charge is -2.36. The van der Waals surface area contributed by atoms with Crippen molar-refractivity contribution < 1.29 is 19.8 Å². The highest BCUT2D eigenvalue weighted by Gasteiger charge is 2.34. The lowest BCUT2D eigenvalue weighted by atomic mass is 9.92. The van der Waals surface area contributed by atoms with Crippen LogP contribution >= 0.6 is 0 Å². The molecule has 2 amide bonds. The van der Waals surface area contributed by atoms with Crippen molar-refractivity contribution in [2.75, 3.05) is 26.3 Å². The number of likely N-dealkylation sites (tertiary alicyclic amines) is 1. The van der Waals surface area contributed by atoms with Gasteiger partial charge in [0.15, 0.2) is 0 Å². The van der Waals surface area contributed by atoms with Gasteiger partial charge in [0.1, 0.15) is 0 Å². The van der Waals surface area contributed by atoms with Crippen LogP contribution in [0.2, 0.25) is 0 Å². The number of nitrogens with zero attached hydrogens (tertiary/aromatic N) is 1. The van der Waals surface area contributed by atoms with E-state index >= 15 is 0 Å². The second kappa shape index (κ2) is 7.75. The standard InChI is InChI=1S/C15H28N2O4/c1-4-15(9-18,10-19)16-13(20)12-6-5-7-17(8-12)14(21)11(2)3/h11-12,18-19H,4-10H2,1-3H3,(H,16,20). The Bertz CT molecular complexity index is 358. The predicted molar refractivity (Wildman–Crippen MR) is 79.5 cm³/mol. The van der Waals surface area contributed by atoms with Gasteiger partial charge in [-0.1, -0.05) is 20.8 Å². The zero-order valence-electron chi connectivity index (χ0n) is 13.3. The SMILES string of the molecule is CCC(CO)(CO)NC(=O)C1CCCN(C(=O)C(C)C)C1. The predicted octanol–water partition coefficient (Wildman–Crippen LogP) is 0.131. The molecule has 6 nitrogen and oxygen atoms in total. The molecule has 0 aromatic heterocycles. The number of hydrogen-bond acceptors (Lipinski definition) is 4. The number of hydrogen-bond donors (Lipinski definition) is 3. The lowest BCUT2D eigenvalue weighted by Crippen LogP contribution is -2.57. The van der Waals surface area contributed by atoms with Crippen molar-refractivity contribution in [1.82, 2.24) is 10.2 Å². The number of amides is 2. The molecule has 1 heterocycles. The van der Waals surface area contributed by atoms with Crippen molar-refractivity contribution in [3.05, 3.63) is 0 Å². The Kier molecular flexibility index (Phi) is 6.61. The summed E-state index contributed by atoms with van der Waals surface area (Å²) in [7, 11) is 0. The van der Waals surface area contributed by atoms with E-state index in [9.17, 15) is 19.8 Å². The molecular formula is C15H28N2O4. The first-order valence-corrected chi connectivity index (χ1v) is 7.71. The van der Waals surface area contributed by atoms with Crippen LogP contribution in [0, 0.1) is 11.8 Å². The topological polar surface area (TPSA) is 89.9 Å². The van der Waals surface area contributed by atoms with E-state index < -0.39 is 5.54 Å². The Labute approximate surface area is 126 Å². The highest BCUT2D eigenvalue weighted by Crippen LogP contribution is 2.20.